The number of ketones is 2. The van der Waals surface area contributed by atoms with Gasteiger partial charge < -0.3 is 10.2 Å². The van der Waals surface area contributed by atoms with E-state index in [9.17, 15) is 28.9 Å². The number of non-ortho nitro benzene ring substituents is 1. The maximum absolute atomic E-state index is 14.7. The zero-order valence-corrected chi connectivity index (χ0v) is 21.9. The largest absolute Gasteiger partial charge is 0.358 e. The van der Waals surface area contributed by atoms with Crippen molar-refractivity contribution in [2.75, 3.05) is 5.32 Å². The fourth-order valence-corrected chi connectivity index (χ4v) is 6.90. The van der Waals surface area contributed by atoms with Crippen molar-refractivity contribution >= 4 is 34.9 Å². The number of carbonyl (C=O) groups is 3. The molecule has 1 N–H and O–H groups in total. The Morgan fingerprint density at radius 1 is 0.881 bits per heavy atom. The summed E-state index contributed by atoms with van der Waals surface area (Å²) in [4.78, 5) is 56.3. The van der Waals surface area contributed by atoms with Gasteiger partial charge in [0.25, 0.3) is 5.69 Å². The molecule has 1 amide bonds. The van der Waals surface area contributed by atoms with Gasteiger partial charge in [-0.05, 0) is 53.1 Å². The number of hydrogen-bond donors (Lipinski definition) is 1. The van der Waals surface area contributed by atoms with Crippen LogP contribution in [0.5, 0.6) is 0 Å². The second kappa shape index (κ2) is 9.31. The first kappa shape index (κ1) is 25.5. The van der Waals surface area contributed by atoms with Crippen molar-refractivity contribution in [3.05, 3.63) is 147 Å². The van der Waals surface area contributed by atoms with E-state index in [1.807, 2.05) is 30.3 Å². The molecule has 0 unspecified atom stereocenters. The molecule has 3 heterocycles. The van der Waals surface area contributed by atoms with Crippen LogP contribution in [0.25, 0.3) is 6.08 Å². The topological polar surface area (TPSA) is 110 Å². The first-order valence-corrected chi connectivity index (χ1v) is 13.4. The summed E-state index contributed by atoms with van der Waals surface area (Å²) in [7, 11) is 0. The molecule has 3 aliphatic heterocycles. The van der Waals surface area contributed by atoms with Crippen LogP contribution in [-0.4, -0.2) is 33.3 Å². The van der Waals surface area contributed by atoms with Crippen molar-refractivity contribution in [2.45, 2.75) is 17.5 Å². The minimum Gasteiger partial charge on any atom is -0.358 e. The highest BCUT2D eigenvalue weighted by molar-refractivity contribution is 6.16. The molecule has 42 heavy (non-hydrogen) atoms. The number of nitrogens with one attached hydrogen (secondary N) is 1. The standard InChI is InChI=1S/C33H22FN3O5/c34-22-14-12-20(13-15-22)30(39)28-27(29(38)21-7-5-8-23(18-21)37(41)42)33(25-10-3-4-11-26(25)35-32(33)40)31-24-9-2-1-6-19(24)16-17-36(28)31/h1-18,27-28,31H,(H,35,40)/t27-,28+,31-,33-/m1/s1. The van der Waals surface area contributed by atoms with Gasteiger partial charge in [-0.2, -0.15) is 0 Å². The van der Waals surface area contributed by atoms with Gasteiger partial charge in [-0.1, -0.05) is 54.6 Å². The molecule has 0 saturated carbocycles. The van der Waals surface area contributed by atoms with Gasteiger partial charge in [0.1, 0.15) is 17.3 Å². The Balaban J connectivity index is 1.53. The van der Waals surface area contributed by atoms with Crippen molar-refractivity contribution in [1.29, 1.82) is 0 Å². The third-order valence-electron chi connectivity index (χ3n) is 8.59. The number of benzene rings is 4. The van der Waals surface area contributed by atoms with Crippen molar-refractivity contribution in [3.8, 4) is 0 Å². The van der Waals surface area contributed by atoms with Gasteiger partial charge in [-0.15, -0.1) is 0 Å². The van der Waals surface area contributed by atoms with Crippen LogP contribution in [0.1, 0.15) is 43.4 Å². The van der Waals surface area contributed by atoms with Crippen LogP contribution in [0, 0.1) is 21.8 Å². The molecule has 4 atom stereocenters. The number of nitrogens with zero attached hydrogens (tertiary/aromatic N) is 2. The van der Waals surface area contributed by atoms with Crippen molar-refractivity contribution in [3.63, 3.8) is 0 Å². The number of halogens is 1. The van der Waals surface area contributed by atoms with E-state index in [2.05, 4.69) is 5.32 Å². The molecule has 0 bridgehead atoms. The molecule has 0 aromatic heterocycles. The SMILES string of the molecule is O=C(c1ccc(F)cc1)[C@@H]1[C@H](C(=O)c2cccc([N+](=O)[O-])c2)[C@@]2(C(=O)Nc3ccccc32)[C@H]2c3ccccc3C=CN12. The van der Waals surface area contributed by atoms with Gasteiger partial charge in [0, 0.05) is 35.1 Å². The molecule has 1 saturated heterocycles. The Morgan fingerprint density at radius 2 is 1.62 bits per heavy atom. The first-order chi connectivity index (χ1) is 20.3. The van der Waals surface area contributed by atoms with Gasteiger partial charge >= 0.3 is 0 Å². The van der Waals surface area contributed by atoms with E-state index in [0.717, 1.165) is 11.1 Å². The Hall–Kier alpha value is -5.44. The van der Waals surface area contributed by atoms with Crippen LogP contribution in [0.2, 0.25) is 0 Å². The lowest BCUT2D eigenvalue weighted by molar-refractivity contribution is -0.384. The molecule has 0 radical (unpaired) electrons. The number of rotatable bonds is 5. The fraction of sp³-hybridized carbons (Fsp3) is 0.121. The predicted molar refractivity (Wildman–Crippen MR) is 152 cm³/mol. The monoisotopic (exact) mass is 559 g/mol. The van der Waals surface area contributed by atoms with Crippen LogP contribution in [0.4, 0.5) is 15.8 Å². The third kappa shape index (κ3) is 3.49. The summed E-state index contributed by atoms with van der Waals surface area (Å²) >= 11 is 0. The summed E-state index contributed by atoms with van der Waals surface area (Å²) in [5.41, 5.74) is 1.03. The molecule has 3 aliphatic rings. The number of amides is 1. The molecule has 8 nitrogen and oxygen atoms in total. The van der Waals surface area contributed by atoms with Gasteiger partial charge in [-0.25, -0.2) is 4.39 Å². The maximum Gasteiger partial charge on any atom is 0.270 e. The van der Waals surface area contributed by atoms with Crippen molar-refractivity contribution < 1.29 is 23.7 Å². The summed E-state index contributed by atoms with van der Waals surface area (Å²) in [6.45, 7) is 0. The van der Waals surface area contributed by atoms with E-state index >= 15 is 0 Å². The van der Waals surface area contributed by atoms with E-state index in [1.54, 1.807) is 35.4 Å². The molecule has 4 aromatic carbocycles. The van der Waals surface area contributed by atoms with Gasteiger partial charge in [0.2, 0.25) is 5.91 Å². The lowest BCUT2D eigenvalue weighted by Crippen LogP contribution is -2.49. The van der Waals surface area contributed by atoms with E-state index < -0.39 is 51.6 Å². The zero-order chi connectivity index (χ0) is 29.2. The number of para-hydroxylation sites is 1. The van der Waals surface area contributed by atoms with Gasteiger partial charge in [-0.3, -0.25) is 24.5 Å². The third-order valence-corrected chi connectivity index (χ3v) is 8.59. The maximum atomic E-state index is 14.7. The minimum absolute atomic E-state index is 0.0137. The first-order valence-electron chi connectivity index (χ1n) is 13.4. The second-order valence-electron chi connectivity index (χ2n) is 10.6. The summed E-state index contributed by atoms with van der Waals surface area (Å²) in [5, 5.41) is 14.6. The number of anilines is 1. The quantitative estimate of drug-likeness (QED) is 0.190. The predicted octanol–water partition coefficient (Wildman–Crippen LogP) is 5.72. The summed E-state index contributed by atoms with van der Waals surface area (Å²) in [5.74, 6) is -3.30. The summed E-state index contributed by atoms with van der Waals surface area (Å²) < 4.78 is 13.9. The highest BCUT2D eigenvalue weighted by Crippen LogP contribution is 2.62. The molecule has 1 spiro atoms. The minimum atomic E-state index is -1.57. The number of nitro groups is 1. The van der Waals surface area contributed by atoms with Crippen molar-refractivity contribution in [1.82, 2.24) is 4.90 Å². The average Bonchev–Trinajstić information content (AvgIpc) is 3.49. The molecule has 1 fully saturated rings. The Kier molecular flexibility index (Phi) is 5.65. The lowest BCUT2D eigenvalue weighted by Gasteiger charge is -2.38. The van der Waals surface area contributed by atoms with Crippen LogP contribution >= 0.6 is 0 Å². The average molecular weight is 560 g/mol. The normalized spacial score (nSPS) is 23.2. The fourth-order valence-electron chi connectivity index (χ4n) is 6.90. The second-order valence-corrected chi connectivity index (χ2v) is 10.6. The molecule has 9 heteroatoms. The molecule has 4 aromatic rings. The number of nitro benzene ring substituents is 1. The van der Waals surface area contributed by atoms with Gasteiger partial charge in [0.15, 0.2) is 11.6 Å². The van der Waals surface area contributed by atoms with E-state index in [-0.39, 0.29) is 16.8 Å². The summed E-state index contributed by atoms with van der Waals surface area (Å²) in [6, 6.07) is 23.0. The highest BCUT2D eigenvalue weighted by Gasteiger charge is 2.70. The molecular weight excluding hydrogens is 537 g/mol. The Labute approximate surface area is 239 Å². The smallest absolute Gasteiger partial charge is 0.270 e. The molecule has 7 rings (SSSR count). The van der Waals surface area contributed by atoms with Gasteiger partial charge in [0.05, 0.1) is 16.9 Å². The number of hydrogen-bond acceptors (Lipinski definition) is 6. The molecular formula is C33H22FN3O5. The number of carbonyl (C=O) groups excluding carboxylic acids is 3. The Morgan fingerprint density at radius 3 is 2.40 bits per heavy atom. The number of Topliss-reactive ketones (excluding diaryl/α,β-unsaturated/α-hetero) is 2. The van der Waals surface area contributed by atoms with E-state index in [0.29, 0.717) is 11.3 Å². The number of fused-ring (bicyclic) bond motifs is 6. The van der Waals surface area contributed by atoms with Crippen LogP contribution in [-0.2, 0) is 10.2 Å². The van der Waals surface area contributed by atoms with Crippen LogP contribution < -0.4 is 5.32 Å². The molecule has 0 aliphatic carbocycles. The highest BCUT2D eigenvalue weighted by atomic mass is 19.1. The summed E-state index contributed by atoms with van der Waals surface area (Å²) in [6.07, 6.45) is 3.57. The van der Waals surface area contributed by atoms with E-state index in [1.165, 1.54) is 48.5 Å². The zero-order valence-electron chi connectivity index (χ0n) is 21.9. The van der Waals surface area contributed by atoms with E-state index in [4.69, 9.17) is 0 Å². The lowest BCUT2D eigenvalue weighted by atomic mass is 9.62. The van der Waals surface area contributed by atoms with Crippen LogP contribution in [0.3, 0.4) is 0 Å². The van der Waals surface area contributed by atoms with Crippen molar-refractivity contribution in [2.24, 2.45) is 5.92 Å². The Bertz CT molecular complexity index is 1850. The molecule has 206 valence electrons. The van der Waals surface area contributed by atoms with Crippen LogP contribution in [0.15, 0.2) is 103 Å².